The van der Waals surface area contributed by atoms with Crippen molar-refractivity contribution in [2.75, 3.05) is 28.4 Å². The van der Waals surface area contributed by atoms with Gasteiger partial charge in [-0.25, -0.2) is 4.79 Å². The highest BCUT2D eigenvalue weighted by Crippen LogP contribution is 2.51. The molecule has 424 valence electrons. The smallest absolute Gasteiger partial charge is 0.329 e. The van der Waals surface area contributed by atoms with Gasteiger partial charge in [-0.05, 0) is 139 Å². The number of carbonyl (C=O) groups excluding carboxylic acids is 4. The van der Waals surface area contributed by atoms with Crippen LogP contribution in [-0.4, -0.2) is 128 Å². The van der Waals surface area contributed by atoms with Crippen molar-refractivity contribution in [2.24, 2.45) is 64.6 Å². The number of methoxy groups -OCH3 is 4. The molecule has 19 atom stereocenters. The third kappa shape index (κ3) is 12.1. The quantitative estimate of drug-likeness (QED) is 0.112. The lowest BCUT2D eigenvalue weighted by atomic mass is 9.62. The second-order valence-electron chi connectivity index (χ2n) is 24.8. The van der Waals surface area contributed by atoms with Gasteiger partial charge >= 0.3 is 5.97 Å². The molecule has 3 aliphatic heterocycles. The number of esters is 1. The lowest BCUT2D eigenvalue weighted by Gasteiger charge is -2.55. The van der Waals surface area contributed by atoms with Crippen molar-refractivity contribution in [1.82, 2.24) is 4.90 Å². The van der Waals surface area contributed by atoms with Crippen LogP contribution in [0.15, 0.2) is 35.5 Å². The molecule has 1 saturated carbocycles. The molecule has 4 rings (SSSR count). The van der Waals surface area contributed by atoms with Gasteiger partial charge in [0.1, 0.15) is 24.0 Å². The number of ether oxygens (including phenoxy) is 7. The molecule has 13 heteroatoms. The van der Waals surface area contributed by atoms with Crippen molar-refractivity contribution in [3.8, 4) is 0 Å². The molecule has 0 aromatic carbocycles. The van der Waals surface area contributed by atoms with Gasteiger partial charge in [0.2, 0.25) is 5.79 Å². The van der Waals surface area contributed by atoms with E-state index < -0.39 is 113 Å². The Morgan fingerprint density at radius 1 is 0.905 bits per heavy atom. The summed E-state index contributed by atoms with van der Waals surface area (Å²) in [5, 5.41) is 12.5. The molecule has 74 heavy (non-hydrogen) atoms. The summed E-state index contributed by atoms with van der Waals surface area (Å²) in [7, 11) is 1.66. The van der Waals surface area contributed by atoms with Gasteiger partial charge in [0.05, 0.1) is 39.7 Å². The number of hydrogen-bond donors (Lipinski definition) is 1. The van der Waals surface area contributed by atoms with Crippen LogP contribution in [0.3, 0.4) is 0 Å². The van der Waals surface area contributed by atoms with Crippen LogP contribution in [0.25, 0.3) is 0 Å². The fourth-order valence-corrected chi connectivity index (χ4v) is 13.4. The fraction of sp³-hybridized carbons (Fsp3) is 0.836. The van der Waals surface area contributed by atoms with E-state index in [1.54, 1.807) is 13.2 Å². The van der Waals surface area contributed by atoms with Crippen molar-refractivity contribution in [1.29, 1.82) is 0 Å². The van der Waals surface area contributed by atoms with Crippen LogP contribution >= 0.6 is 0 Å². The number of rotatable bonds is 12. The first-order valence-corrected chi connectivity index (χ1v) is 28.0. The summed E-state index contributed by atoms with van der Waals surface area (Å²) in [5.74, 6) is -8.88. The Labute approximate surface area is 452 Å². The summed E-state index contributed by atoms with van der Waals surface area (Å²) in [6, 6.07) is -1.98. The minimum atomic E-state index is -2.86. The Morgan fingerprint density at radius 3 is 2.07 bits per heavy atom. The number of amides is 1. The molecule has 1 amide bonds. The maximum absolute atomic E-state index is 15.7. The predicted molar refractivity (Wildman–Crippen MR) is 291 cm³/mol. The molecule has 0 radical (unpaired) electrons. The molecule has 13 nitrogen and oxygen atoms in total. The maximum Gasteiger partial charge on any atom is 0.329 e. The molecule has 2 bridgehead atoms. The number of fused-ring (bicyclic) bond motifs is 3. The van der Waals surface area contributed by atoms with Gasteiger partial charge in [0, 0.05) is 58.6 Å². The summed E-state index contributed by atoms with van der Waals surface area (Å²) >= 11 is 0. The van der Waals surface area contributed by atoms with Gasteiger partial charge in [0.25, 0.3) is 11.7 Å². The Balaban J connectivity index is 2.08. The second-order valence-corrected chi connectivity index (χ2v) is 24.8. The van der Waals surface area contributed by atoms with Gasteiger partial charge in [-0.2, -0.15) is 0 Å². The number of cyclic esters (lactones) is 1. The summed E-state index contributed by atoms with van der Waals surface area (Å²) in [5.41, 5.74) is 0.596. The first-order valence-electron chi connectivity index (χ1n) is 29.5. The van der Waals surface area contributed by atoms with E-state index in [9.17, 15) is 9.90 Å². The topological polar surface area (TPSA) is 156 Å². The van der Waals surface area contributed by atoms with Crippen LogP contribution in [0.2, 0.25) is 0 Å². The minimum absolute atomic E-state index is 0.0326. The van der Waals surface area contributed by atoms with Crippen LogP contribution in [0.4, 0.5) is 0 Å². The van der Waals surface area contributed by atoms with E-state index in [4.69, 9.17) is 37.3 Å². The molecule has 3 fully saturated rings. The number of aliphatic hydroxyl groups excluding tert-OH is 1. The van der Waals surface area contributed by atoms with Crippen molar-refractivity contribution >= 4 is 23.4 Å². The van der Waals surface area contributed by atoms with E-state index in [1.807, 2.05) is 90.0 Å². The van der Waals surface area contributed by atoms with E-state index in [0.29, 0.717) is 12.8 Å². The second kappa shape index (κ2) is 25.3. The Kier molecular flexibility index (Phi) is 20.2. The number of carbonyl (C=O) groups is 4. The van der Waals surface area contributed by atoms with E-state index in [1.165, 1.54) is 19.1 Å². The van der Waals surface area contributed by atoms with Crippen molar-refractivity contribution < 1.29 is 61.6 Å². The van der Waals surface area contributed by atoms with Crippen LogP contribution in [-0.2, 0) is 52.3 Å². The summed E-state index contributed by atoms with van der Waals surface area (Å²) in [4.78, 5) is 63.2. The van der Waals surface area contributed by atoms with E-state index in [-0.39, 0.29) is 73.1 Å². The van der Waals surface area contributed by atoms with Crippen LogP contribution in [0, 0.1) is 64.6 Å². The molecular weight excluding hydrogens is 939 g/mol. The molecule has 0 aromatic rings. The normalized spacial score (nSPS) is 43.5. The Morgan fingerprint density at radius 2 is 1.54 bits per heavy atom. The van der Waals surface area contributed by atoms with Crippen LogP contribution in [0.5, 0.6) is 0 Å². The zero-order valence-electron chi connectivity index (χ0n) is 52.6. The predicted octanol–water partition coefficient (Wildman–Crippen LogP) is 10.9. The molecule has 0 spiro atoms. The van der Waals surface area contributed by atoms with Gasteiger partial charge in [-0.15, -0.1) is 6.58 Å². The highest BCUT2D eigenvalue weighted by atomic mass is 16.7. The van der Waals surface area contributed by atoms with Crippen molar-refractivity contribution in [3.05, 3.63) is 35.5 Å². The SMILES string of the molecule is [2H]C([2H])([2H])O[C@H]1C[C@@H](CC)[C@@]2(OC)O[C@@H]1[C@@H](OC)C(C)[C@@H](C)C(C)/C(C)=C(\C)[C@@H](CC=C)C(=O)C[C@H](O)[C@@H](C)[C@@H](/C(=C/[C@@H]1CC[C@@](C)(OC)[C@](C)(OC(C)C)C1C)C(C)C)OC(=O)[C@@H]1CC(C)C(C)(C)C(C)N1C(=O)C2=O. The third-order valence-electron chi connectivity index (χ3n) is 20.3. The molecule has 0 aromatic heterocycles. The monoisotopic (exact) mass is 1040 g/mol. The number of nitrogens with zero attached hydrogens (tertiary/aromatic N) is 1. The van der Waals surface area contributed by atoms with Gasteiger partial charge in [0.15, 0.2) is 0 Å². The summed E-state index contributed by atoms with van der Waals surface area (Å²) < 4.78 is 69.9. The summed E-state index contributed by atoms with van der Waals surface area (Å²) in [6.07, 6.45) is 0.0229. The molecular formula is C61H103NO12. The zero-order chi connectivity index (χ0) is 58.8. The molecule has 3 heterocycles. The highest BCUT2D eigenvalue weighted by Gasteiger charge is 2.62. The summed E-state index contributed by atoms with van der Waals surface area (Å²) in [6.45, 7) is 40.0. The number of aliphatic hydroxyl groups is 1. The Bertz CT molecular complexity index is 2140. The standard InChI is InChI=1S/C61H103NO12/c1-24-26-46-39(11)37(9)36(8)38(10)40(12)53(69-21)54-51(68-20)31-45(25-2)61(71-23,74-54)55(65)56(66)62-43(15)58(16,17)35(7)29-48(62)57(67)72-52(41(13)49(63)32-50(46)64)47(33(3)4)30-44-27-28-59(18,70-22)60(19,42(44)14)73-34(5)6/h24,30,33-36,38,40-46,48-49,51-54,63H,1,25-29,31-32H2,2-23H3/b39-37+,47-30+/t35?,36?,38-,40?,41+,42?,43?,44-,45+,46+,48-,49-,51-,52-,53-,54-,59+,60+,61+/m0/s1/i20D3. The molecule has 5 unspecified atom stereocenters. The van der Waals surface area contributed by atoms with Gasteiger partial charge in [-0.3, -0.25) is 14.4 Å². The van der Waals surface area contributed by atoms with Crippen LogP contribution in [0.1, 0.15) is 174 Å². The maximum atomic E-state index is 15.7. The average Bonchev–Trinajstić information content (AvgIpc) is 3.35. The highest BCUT2D eigenvalue weighted by molar-refractivity contribution is 6.39. The van der Waals surface area contributed by atoms with E-state index in [0.717, 1.165) is 23.1 Å². The van der Waals surface area contributed by atoms with Gasteiger partial charge in [-0.1, -0.05) is 99.5 Å². The molecule has 1 aliphatic carbocycles. The number of piperidine rings is 1. The zero-order valence-corrected chi connectivity index (χ0v) is 49.6. The lowest BCUT2D eigenvalue weighted by Crippen LogP contribution is -2.68. The fourth-order valence-electron chi connectivity index (χ4n) is 13.4. The minimum Gasteiger partial charge on any atom is -0.456 e. The average molecular weight is 1050 g/mol. The lowest BCUT2D eigenvalue weighted by molar-refractivity contribution is -0.317. The van der Waals surface area contributed by atoms with Gasteiger partial charge < -0.3 is 43.2 Å². The first kappa shape index (κ1) is 58.9. The number of hydrogen-bond acceptors (Lipinski definition) is 12. The number of allylic oxidation sites excluding steroid dienone is 4. The van der Waals surface area contributed by atoms with E-state index >= 15 is 14.4 Å². The van der Waals surface area contributed by atoms with Crippen molar-refractivity contribution in [2.45, 2.75) is 235 Å². The molecule has 1 N–H and O–H groups in total. The largest absolute Gasteiger partial charge is 0.456 e. The first-order chi connectivity index (χ1) is 35.5. The number of Topliss-reactive ketones (excluding diaryl/α,β-unsaturated/α-hetero) is 2. The molecule has 4 aliphatic rings. The van der Waals surface area contributed by atoms with Crippen LogP contribution < -0.4 is 0 Å². The third-order valence-corrected chi connectivity index (χ3v) is 20.3. The van der Waals surface area contributed by atoms with Crippen molar-refractivity contribution in [3.63, 3.8) is 0 Å². The van der Waals surface area contributed by atoms with E-state index in [2.05, 4.69) is 47.3 Å². The Hall–Kier alpha value is -2.78. The molecule has 2 saturated heterocycles. The number of ketones is 2.